The fraction of sp³-hybridized carbons (Fsp3) is 0.846. The maximum absolute atomic E-state index is 12.9. The van der Waals surface area contributed by atoms with Gasteiger partial charge in [0.1, 0.15) is 5.82 Å². The molecule has 0 spiro atoms. The molecule has 0 aromatic heterocycles. The van der Waals surface area contributed by atoms with Crippen LogP contribution in [0, 0.1) is 0 Å². The van der Waals surface area contributed by atoms with Gasteiger partial charge in [0.2, 0.25) is 0 Å². The molecular formula is C13H27N3O4S2. The lowest BCUT2D eigenvalue weighted by Gasteiger charge is -2.44. The minimum Gasteiger partial charge on any atom is -0.357 e. The zero-order valence-electron chi connectivity index (χ0n) is 14.4. The van der Waals surface area contributed by atoms with Gasteiger partial charge in [-0.15, -0.1) is 0 Å². The molecule has 0 unspecified atom stereocenters. The quantitative estimate of drug-likeness (QED) is 0.749. The monoisotopic (exact) mass is 353 g/mol. The van der Waals surface area contributed by atoms with Crippen LogP contribution in [0.2, 0.25) is 0 Å². The van der Waals surface area contributed by atoms with E-state index in [2.05, 4.69) is 0 Å². The summed E-state index contributed by atoms with van der Waals surface area (Å²) >= 11 is 0. The summed E-state index contributed by atoms with van der Waals surface area (Å²) in [5.41, 5.74) is 0. The van der Waals surface area contributed by atoms with Crippen LogP contribution in [-0.4, -0.2) is 54.9 Å². The van der Waals surface area contributed by atoms with Crippen LogP contribution in [0.5, 0.6) is 0 Å². The Balaban J connectivity index is 3.83. The molecule has 0 fully saturated rings. The molecule has 1 heterocycles. The van der Waals surface area contributed by atoms with Gasteiger partial charge in [0, 0.05) is 25.2 Å². The Labute approximate surface area is 134 Å². The summed E-state index contributed by atoms with van der Waals surface area (Å²) in [5.74, 6) is 0.261. The summed E-state index contributed by atoms with van der Waals surface area (Å²) in [4.78, 5) is 1.84. The van der Waals surface area contributed by atoms with Gasteiger partial charge in [-0.3, -0.25) is 0 Å². The van der Waals surface area contributed by atoms with Crippen molar-refractivity contribution in [2.24, 2.45) is 0 Å². The predicted octanol–water partition coefficient (Wildman–Crippen LogP) is 1.53. The van der Waals surface area contributed by atoms with E-state index in [-0.39, 0.29) is 16.8 Å². The second-order valence-corrected chi connectivity index (χ2v) is 9.64. The molecule has 0 bridgehead atoms. The molecule has 0 radical (unpaired) electrons. The van der Waals surface area contributed by atoms with Crippen LogP contribution in [0.4, 0.5) is 0 Å². The number of sulfonamides is 1. The molecule has 0 amide bonds. The van der Waals surface area contributed by atoms with E-state index >= 15 is 0 Å². The standard InChI is InChI=1S/C13H27N3O4S2/c1-8-14(9-2)13-12(7)21(17,18)16(11(5)6)22(19,20)15(13)10(3)4/h10-11H,8-9H2,1-7H3. The lowest BCUT2D eigenvalue weighted by molar-refractivity contribution is 0.250. The van der Waals surface area contributed by atoms with Gasteiger partial charge in [-0.2, -0.15) is 8.42 Å². The van der Waals surface area contributed by atoms with E-state index in [4.69, 9.17) is 0 Å². The maximum Gasteiger partial charge on any atom is 0.319 e. The van der Waals surface area contributed by atoms with E-state index < -0.39 is 26.3 Å². The molecule has 0 aromatic rings. The molecule has 7 nitrogen and oxygen atoms in total. The maximum atomic E-state index is 12.9. The van der Waals surface area contributed by atoms with Crippen LogP contribution in [0.25, 0.3) is 0 Å². The van der Waals surface area contributed by atoms with Crippen molar-refractivity contribution in [3.8, 4) is 0 Å². The minimum absolute atomic E-state index is 0.0772. The first-order valence-electron chi connectivity index (χ1n) is 7.49. The third kappa shape index (κ3) is 2.85. The van der Waals surface area contributed by atoms with Crippen LogP contribution < -0.4 is 0 Å². The SMILES string of the molecule is CCN(CC)C1=C(C)S(=O)(=O)N(C(C)C)S(=O)(=O)N1C(C)C. The topological polar surface area (TPSA) is 78.0 Å². The van der Waals surface area contributed by atoms with Crippen LogP contribution in [0.15, 0.2) is 10.7 Å². The molecule has 0 saturated carbocycles. The third-order valence-corrected chi connectivity index (χ3v) is 8.55. The smallest absolute Gasteiger partial charge is 0.319 e. The van der Waals surface area contributed by atoms with Gasteiger partial charge in [0.25, 0.3) is 10.0 Å². The van der Waals surface area contributed by atoms with Crippen LogP contribution in [-0.2, 0) is 20.2 Å². The summed E-state index contributed by atoms with van der Waals surface area (Å²) in [7, 11) is -8.19. The Bertz CT molecular complexity index is 647. The van der Waals surface area contributed by atoms with Crippen LogP contribution in [0.3, 0.4) is 0 Å². The molecule has 1 aliphatic rings. The second kappa shape index (κ2) is 6.37. The minimum atomic E-state index is -4.14. The van der Waals surface area contributed by atoms with Crippen molar-refractivity contribution >= 4 is 20.2 Å². The fourth-order valence-electron chi connectivity index (χ4n) is 2.67. The van der Waals surface area contributed by atoms with Gasteiger partial charge in [0.15, 0.2) is 0 Å². The molecule has 0 aromatic carbocycles. The molecule has 22 heavy (non-hydrogen) atoms. The van der Waals surface area contributed by atoms with Crippen molar-refractivity contribution in [2.75, 3.05) is 13.1 Å². The highest BCUT2D eigenvalue weighted by Crippen LogP contribution is 2.36. The van der Waals surface area contributed by atoms with Crippen molar-refractivity contribution in [3.05, 3.63) is 10.7 Å². The highest BCUT2D eigenvalue weighted by atomic mass is 32.3. The second-order valence-electron chi connectivity index (χ2n) is 5.77. The van der Waals surface area contributed by atoms with Gasteiger partial charge >= 0.3 is 10.2 Å². The van der Waals surface area contributed by atoms with Crippen LogP contribution in [0.1, 0.15) is 48.5 Å². The number of allylic oxidation sites excluding steroid dienone is 1. The van der Waals surface area contributed by atoms with E-state index in [1.165, 1.54) is 11.2 Å². The van der Waals surface area contributed by atoms with Gasteiger partial charge in [0.05, 0.1) is 4.91 Å². The van der Waals surface area contributed by atoms with Crippen molar-refractivity contribution in [1.29, 1.82) is 0 Å². The van der Waals surface area contributed by atoms with Crippen molar-refractivity contribution in [3.63, 3.8) is 0 Å². The summed E-state index contributed by atoms with van der Waals surface area (Å²) in [5, 5.41) is 0. The number of hydrogen-bond donors (Lipinski definition) is 0. The predicted molar refractivity (Wildman–Crippen MR) is 87.4 cm³/mol. The average molecular weight is 354 g/mol. The van der Waals surface area contributed by atoms with E-state index in [1.54, 1.807) is 32.6 Å². The first-order valence-corrected chi connectivity index (χ1v) is 10.3. The lowest BCUT2D eigenvalue weighted by atomic mass is 10.3. The molecule has 0 atom stereocenters. The molecule has 1 rings (SSSR count). The normalized spacial score (nSPS) is 21.8. The highest BCUT2D eigenvalue weighted by molar-refractivity contribution is 8.05. The molecule has 0 saturated heterocycles. The first kappa shape index (κ1) is 19.2. The van der Waals surface area contributed by atoms with E-state index in [0.717, 1.165) is 0 Å². The zero-order valence-corrected chi connectivity index (χ0v) is 16.0. The number of rotatable bonds is 5. The Kier molecular flexibility index (Phi) is 5.57. The van der Waals surface area contributed by atoms with E-state index in [1.807, 2.05) is 13.8 Å². The Hall–Kier alpha value is -0.800. The number of nitrogens with zero attached hydrogens (tertiary/aromatic N) is 3. The molecule has 0 N–H and O–H groups in total. The van der Waals surface area contributed by atoms with Crippen molar-refractivity contribution in [1.82, 2.24) is 12.9 Å². The summed E-state index contributed by atoms with van der Waals surface area (Å²) < 4.78 is 53.1. The molecule has 1 aliphatic heterocycles. The number of hydrogen-bond acceptors (Lipinski definition) is 5. The summed E-state index contributed by atoms with van der Waals surface area (Å²) in [6.45, 7) is 12.9. The van der Waals surface area contributed by atoms with Gasteiger partial charge < -0.3 is 4.90 Å². The van der Waals surface area contributed by atoms with E-state index in [9.17, 15) is 16.8 Å². The Morgan fingerprint density at radius 3 is 1.73 bits per heavy atom. The average Bonchev–Trinajstić information content (AvgIpc) is 2.34. The fourth-order valence-corrected chi connectivity index (χ4v) is 7.26. The van der Waals surface area contributed by atoms with Gasteiger partial charge in [-0.25, -0.2) is 12.7 Å². The Morgan fingerprint density at radius 1 is 0.955 bits per heavy atom. The molecule has 9 heteroatoms. The van der Waals surface area contributed by atoms with Gasteiger partial charge in [-0.05, 0) is 48.5 Å². The molecule has 0 aliphatic carbocycles. The molecular weight excluding hydrogens is 326 g/mol. The lowest BCUT2D eigenvalue weighted by Crippen LogP contribution is -2.57. The summed E-state index contributed by atoms with van der Waals surface area (Å²) in [6, 6.07) is -1.06. The summed E-state index contributed by atoms with van der Waals surface area (Å²) in [6.07, 6.45) is 0. The van der Waals surface area contributed by atoms with Crippen molar-refractivity contribution in [2.45, 2.75) is 60.5 Å². The van der Waals surface area contributed by atoms with Gasteiger partial charge in [-0.1, -0.05) is 3.71 Å². The van der Waals surface area contributed by atoms with E-state index in [0.29, 0.717) is 16.8 Å². The Morgan fingerprint density at radius 2 is 1.41 bits per heavy atom. The first-order chi connectivity index (χ1) is 9.94. The largest absolute Gasteiger partial charge is 0.357 e. The highest BCUT2D eigenvalue weighted by Gasteiger charge is 2.50. The third-order valence-electron chi connectivity index (χ3n) is 3.58. The molecule has 130 valence electrons. The van der Waals surface area contributed by atoms with Crippen LogP contribution >= 0.6 is 0 Å². The van der Waals surface area contributed by atoms with Crippen molar-refractivity contribution < 1.29 is 16.8 Å². The zero-order chi connectivity index (χ0) is 17.5.